The minimum Gasteiger partial charge on any atom is -0.366 e. The van der Waals surface area contributed by atoms with Crippen LogP contribution < -0.4 is 10.2 Å². The van der Waals surface area contributed by atoms with Crippen LogP contribution in [0.5, 0.6) is 0 Å². The number of aryl methyl sites for hydroxylation is 1. The third kappa shape index (κ3) is 3.20. The van der Waals surface area contributed by atoms with E-state index in [2.05, 4.69) is 77.6 Å². The molecule has 0 saturated carbocycles. The van der Waals surface area contributed by atoms with E-state index >= 15 is 0 Å². The zero-order valence-corrected chi connectivity index (χ0v) is 14.6. The van der Waals surface area contributed by atoms with Gasteiger partial charge in [-0.05, 0) is 43.5 Å². The Kier molecular flexibility index (Phi) is 4.10. The first-order chi connectivity index (χ1) is 12.2. The molecule has 2 heterocycles. The number of rotatable bonds is 4. The standard InChI is InChI=1S/C21H22N4/c1-15-6-5-7-17(12-15)14-23-20-10-11-22-21(24-20)25-16(2)13-18-8-3-4-9-19(18)25/h3-12,16H,13-14H2,1-2H3,(H,22,23,24). The predicted octanol–water partition coefficient (Wildman–Crippen LogP) is 4.48. The van der Waals surface area contributed by atoms with E-state index in [0.29, 0.717) is 6.04 Å². The summed E-state index contributed by atoms with van der Waals surface area (Å²) in [6.45, 7) is 5.08. The molecule has 0 amide bonds. The summed E-state index contributed by atoms with van der Waals surface area (Å²) in [5, 5.41) is 3.41. The fourth-order valence-corrected chi connectivity index (χ4v) is 3.45. The Morgan fingerprint density at radius 1 is 1.12 bits per heavy atom. The van der Waals surface area contributed by atoms with Gasteiger partial charge in [0, 0.05) is 24.5 Å². The highest BCUT2D eigenvalue weighted by Crippen LogP contribution is 2.36. The molecule has 0 radical (unpaired) electrons. The quantitative estimate of drug-likeness (QED) is 0.766. The smallest absolute Gasteiger partial charge is 0.232 e. The number of anilines is 3. The maximum absolute atomic E-state index is 4.75. The molecule has 1 aliphatic heterocycles. The maximum Gasteiger partial charge on any atom is 0.232 e. The van der Waals surface area contributed by atoms with Crippen molar-refractivity contribution in [2.45, 2.75) is 32.9 Å². The molecule has 4 rings (SSSR count). The Labute approximate surface area is 148 Å². The first kappa shape index (κ1) is 15.6. The summed E-state index contributed by atoms with van der Waals surface area (Å²) in [4.78, 5) is 11.5. The molecule has 0 aliphatic carbocycles. The van der Waals surface area contributed by atoms with Crippen molar-refractivity contribution in [1.82, 2.24) is 9.97 Å². The van der Waals surface area contributed by atoms with Crippen LogP contribution in [0.1, 0.15) is 23.6 Å². The molecule has 1 atom stereocenters. The number of hydrogen-bond donors (Lipinski definition) is 1. The van der Waals surface area contributed by atoms with Gasteiger partial charge in [-0.15, -0.1) is 0 Å². The summed E-state index contributed by atoms with van der Waals surface area (Å²) >= 11 is 0. The number of nitrogens with one attached hydrogen (secondary N) is 1. The first-order valence-electron chi connectivity index (χ1n) is 8.70. The maximum atomic E-state index is 4.75. The van der Waals surface area contributed by atoms with Crippen molar-refractivity contribution in [3.05, 3.63) is 77.5 Å². The third-order valence-corrected chi connectivity index (χ3v) is 4.62. The van der Waals surface area contributed by atoms with Crippen LogP contribution in [0.3, 0.4) is 0 Å². The molecule has 0 saturated heterocycles. The number of nitrogens with zero attached hydrogens (tertiary/aromatic N) is 3. The molecule has 126 valence electrons. The third-order valence-electron chi connectivity index (χ3n) is 4.62. The molecule has 3 aromatic rings. The second-order valence-corrected chi connectivity index (χ2v) is 6.64. The molecule has 1 unspecified atom stereocenters. The average Bonchev–Trinajstić information content (AvgIpc) is 2.96. The van der Waals surface area contributed by atoms with Crippen LogP contribution in [-0.4, -0.2) is 16.0 Å². The number of fused-ring (bicyclic) bond motifs is 1. The van der Waals surface area contributed by atoms with E-state index in [1.807, 2.05) is 12.3 Å². The van der Waals surface area contributed by atoms with E-state index in [4.69, 9.17) is 4.98 Å². The lowest BCUT2D eigenvalue weighted by Gasteiger charge is -2.23. The van der Waals surface area contributed by atoms with Crippen molar-refractivity contribution < 1.29 is 0 Å². The molecule has 0 bridgehead atoms. The summed E-state index contributed by atoms with van der Waals surface area (Å²) in [7, 11) is 0. The van der Waals surface area contributed by atoms with E-state index in [9.17, 15) is 0 Å². The van der Waals surface area contributed by atoms with Gasteiger partial charge >= 0.3 is 0 Å². The van der Waals surface area contributed by atoms with Gasteiger partial charge in [0.1, 0.15) is 5.82 Å². The lowest BCUT2D eigenvalue weighted by Crippen LogP contribution is -2.26. The monoisotopic (exact) mass is 330 g/mol. The molecule has 4 nitrogen and oxygen atoms in total. The van der Waals surface area contributed by atoms with Crippen molar-refractivity contribution in [2.75, 3.05) is 10.2 Å². The highest BCUT2D eigenvalue weighted by molar-refractivity contribution is 5.67. The van der Waals surface area contributed by atoms with Crippen LogP contribution in [0.25, 0.3) is 0 Å². The van der Waals surface area contributed by atoms with Crippen molar-refractivity contribution in [3.8, 4) is 0 Å². The van der Waals surface area contributed by atoms with Crippen LogP contribution in [0.15, 0.2) is 60.8 Å². The lowest BCUT2D eigenvalue weighted by molar-refractivity contribution is 0.740. The molecule has 0 spiro atoms. The summed E-state index contributed by atoms with van der Waals surface area (Å²) < 4.78 is 0. The predicted molar refractivity (Wildman–Crippen MR) is 102 cm³/mol. The highest BCUT2D eigenvalue weighted by Gasteiger charge is 2.28. The fraction of sp³-hybridized carbons (Fsp3) is 0.238. The molecule has 4 heteroatoms. The summed E-state index contributed by atoms with van der Waals surface area (Å²) in [5.41, 5.74) is 5.09. The van der Waals surface area contributed by atoms with Crippen LogP contribution in [0, 0.1) is 6.92 Å². The van der Waals surface area contributed by atoms with Gasteiger partial charge < -0.3 is 10.2 Å². The zero-order valence-electron chi connectivity index (χ0n) is 14.6. The molecule has 25 heavy (non-hydrogen) atoms. The second-order valence-electron chi connectivity index (χ2n) is 6.64. The lowest BCUT2D eigenvalue weighted by atomic mass is 10.1. The molecular weight excluding hydrogens is 308 g/mol. The van der Waals surface area contributed by atoms with E-state index in [1.165, 1.54) is 22.4 Å². The van der Waals surface area contributed by atoms with Gasteiger partial charge in [-0.1, -0.05) is 48.0 Å². The molecule has 1 aliphatic rings. The number of hydrogen-bond acceptors (Lipinski definition) is 4. The number of aromatic nitrogens is 2. The SMILES string of the molecule is Cc1cccc(CNc2ccnc(N3c4ccccc4CC3C)n2)c1. The van der Waals surface area contributed by atoms with E-state index in [0.717, 1.165) is 24.7 Å². The second kappa shape index (κ2) is 6.55. The molecule has 2 aromatic carbocycles. The van der Waals surface area contributed by atoms with Gasteiger partial charge in [0.05, 0.1) is 0 Å². The minimum atomic E-state index is 0.365. The van der Waals surface area contributed by atoms with Gasteiger partial charge in [0.2, 0.25) is 5.95 Å². The highest BCUT2D eigenvalue weighted by atomic mass is 15.3. The summed E-state index contributed by atoms with van der Waals surface area (Å²) in [6, 6.07) is 19.3. The number of para-hydroxylation sites is 1. The zero-order chi connectivity index (χ0) is 17.2. The van der Waals surface area contributed by atoms with Crippen molar-refractivity contribution >= 4 is 17.5 Å². The topological polar surface area (TPSA) is 41.1 Å². The Balaban J connectivity index is 1.56. The van der Waals surface area contributed by atoms with Crippen LogP contribution in [0.2, 0.25) is 0 Å². The van der Waals surface area contributed by atoms with E-state index in [1.54, 1.807) is 0 Å². The van der Waals surface area contributed by atoms with Gasteiger partial charge in [-0.3, -0.25) is 0 Å². The molecule has 1 N–H and O–H groups in total. The Bertz CT molecular complexity index is 890. The normalized spacial score (nSPS) is 15.9. The van der Waals surface area contributed by atoms with E-state index in [-0.39, 0.29) is 0 Å². The van der Waals surface area contributed by atoms with Gasteiger partial charge in [0.25, 0.3) is 0 Å². The van der Waals surface area contributed by atoms with Gasteiger partial charge in [-0.2, -0.15) is 4.98 Å². The largest absolute Gasteiger partial charge is 0.366 e. The van der Waals surface area contributed by atoms with Gasteiger partial charge in [0.15, 0.2) is 0 Å². The average molecular weight is 330 g/mol. The van der Waals surface area contributed by atoms with Crippen LogP contribution in [0.4, 0.5) is 17.5 Å². The van der Waals surface area contributed by atoms with Crippen molar-refractivity contribution in [2.24, 2.45) is 0 Å². The van der Waals surface area contributed by atoms with Crippen LogP contribution >= 0.6 is 0 Å². The first-order valence-corrected chi connectivity index (χ1v) is 8.70. The molecular formula is C21H22N4. The Hall–Kier alpha value is -2.88. The summed E-state index contributed by atoms with van der Waals surface area (Å²) in [5.74, 6) is 1.61. The van der Waals surface area contributed by atoms with Crippen molar-refractivity contribution in [1.29, 1.82) is 0 Å². The summed E-state index contributed by atoms with van der Waals surface area (Å²) in [6.07, 6.45) is 2.86. The Morgan fingerprint density at radius 3 is 2.88 bits per heavy atom. The van der Waals surface area contributed by atoms with Gasteiger partial charge in [-0.25, -0.2) is 4.98 Å². The number of benzene rings is 2. The van der Waals surface area contributed by atoms with Crippen molar-refractivity contribution in [3.63, 3.8) is 0 Å². The molecule has 0 fully saturated rings. The Morgan fingerprint density at radius 2 is 2.00 bits per heavy atom. The van der Waals surface area contributed by atoms with Crippen LogP contribution in [-0.2, 0) is 13.0 Å². The molecule has 1 aromatic heterocycles. The fourth-order valence-electron chi connectivity index (χ4n) is 3.45. The van der Waals surface area contributed by atoms with E-state index < -0.39 is 0 Å². The minimum absolute atomic E-state index is 0.365.